The van der Waals surface area contributed by atoms with Crippen LogP contribution >= 0.6 is 12.4 Å². The third kappa shape index (κ3) is 6.29. The van der Waals surface area contributed by atoms with E-state index in [0.29, 0.717) is 0 Å². The van der Waals surface area contributed by atoms with Gasteiger partial charge in [0.1, 0.15) is 12.1 Å². The summed E-state index contributed by atoms with van der Waals surface area (Å²) < 4.78 is 3.17. The van der Waals surface area contributed by atoms with Gasteiger partial charge in [-0.3, -0.25) is 0 Å². The van der Waals surface area contributed by atoms with Crippen LogP contribution in [-0.2, 0) is 0 Å². The minimum absolute atomic E-state index is 0. The highest BCUT2D eigenvalue weighted by Crippen LogP contribution is 2.23. The largest absolute Gasteiger partial charge is 0.508 e. The first kappa shape index (κ1) is 28.3. The van der Waals surface area contributed by atoms with E-state index < -0.39 is 0 Å². The van der Waals surface area contributed by atoms with E-state index in [1.54, 1.807) is 27.7 Å². The topological polar surface area (TPSA) is 78.6 Å². The minimum Gasteiger partial charge on any atom is -0.508 e. The van der Waals surface area contributed by atoms with Crippen LogP contribution in [0.1, 0.15) is 38.4 Å². The molecular weight excluding hydrogens is 512 g/mol. The number of anilines is 2. The highest BCUT2D eigenvalue weighted by molar-refractivity contribution is 5.85. The van der Waals surface area contributed by atoms with Crippen molar-refractivity contribution in [3.8, 4) is 11.4 Å². The van der Waals surface area contributed by atoms with E-state index in [4.69, 9.17) is 0 Å². The molecule has 1 aliphatic rings. The summed E-state index contributed by atoms with van der Waals surface area (Å²) in [5.41, 5.74) is 4.14. The molecule has 2 N–H and O–H groups in total. The molecule has 8 nitrogen and oxygen atoms in total. The zero-order valence-electron chi connectivity index (χ0n) is 22.6. The number of aromatic hydroxyl groups is 1. The summed E-state index contributed by atoms with van der Waals surface area (Å²) in [6.45, 7) is 9.87. The first-order chi connectivity index (χ1) is 18.4. The van der Waals surface area contributed by atoms with Crippen LogP contribution in [0, 0.1) is 0 Å². The molecule has 5 rings (SSSR count). The summed E-state index contributed by atoms with van der Waals surface area (Å²) in [5.74, 6) is 0.287. The summed E-state index contributed by atoms with van der Waals surface area (Å²) in [4.78, 5) is 17.9. The third-order valence-electron chi connectivity index (χ3n) is 7.60. The molecule has 3 aromatic carbocycles. The van der Waals surface area contributed by atoms with Gasteiger partial charge in [0.15, 0.2) is 0 Å². The van der Waals surface area contributed by atoms with Gasteiger partial charge in [-0.1, -0.05) is 30.3 Å². The lowest BCUT2D eigenvalue weighted by atomic mass is 10.1. The van der Waals surface area contributed by atoms with E-state index in [0.717, 1.165) is 43.2 Å². The smallest absolute Gasteiger partial charge is 0.350 e. The second-order valence-corrected chi connectivity index (χ2v) is 10.1. The molecule has 2 heterocycles. The number of benzene rings is 3. The van der Waals surface area contributed by atoms with Crippen LogP contribution in [-0.4, -0.2) is 51.7 Å². The average Bonchev–Trinajstić information content (AvgIpc) is 3.34. The van der Waals surface area contributed by atoms with Gasteiger partial charge >= 0.3 is 5.69 Å². The summed E-state index contributed by atoms with van der Waals surface area (Å²) in [6, 6.07) is 25.9. The Kier molecular flexibility index (Phi) is 8.99. The average molecular weight is 549 g/mol. The van der Waals surface area contributed by atoms with Crippen LogP contribution in [0.2, 0.25) is 0 Å². The molecule has 1 fully saturated rings. The van der Waals surface area contributed by atoms with Crippen molar-refractivity contribution in [1.29, 1.82) is 0 Å². The normalized spacial score (nSPS) is 15.9. The van der Waals surface area contributed by atoms with Crippen molar-refractivity contribution in [1.82, 2.24) is 19.7 Å². The second-order valence-electron chi connectivity index (χ2n) is 10.1. The van der Waals surface area contributed by atoms with Crippen molar-refractivity contribution in [2.24, 2.45) is 0 Å². The van der Waals surface area contributed by atoms with Crippen LogP contribution in [0.3, 0.4) is 0 Å². The fraction of sp³-hybridized carbons (Fsp3) is 0.333. The maximum absolute atomic E-state index is 13.3. The van der Waals surface area contributed by atoms with Gasteiger partial charge < -0.3 is 20.2 Å². The third-order valence-corrected chi connectivity index (χ3v) is 7.60. The number of piperazine rings is 1. The van der Waals surface area contributed by atoms with Gasteiger partial charge in [0.25, 0.3) is 0 Å². The van der Waals surface area contributed by atoms with Crippen LogP contribution in [0.4, 0.5) is 11.4 Å². The van der Waals surface area contributed by atoms with Crippen LogP contribution < -0.4 is 20.8 Å². The van der Waals surface area contributed by atoms with Crippen LogP contribution in [0.25, 0.3) is 5.69 Å². The summed E-state index contributed by atoms with van der Waals surface area (Å²) in [6.07, 6.45) is 1.61. The quantitative estimate of drug-likeness (QED) is 0.330. The molecular formula is C30H37ClN6O2. The first-order valence-electron chi connectivity index (χ1n) is 13.3. The zero-order valence-corrected chi connectivity index (χ0v) is 23.5. The van der Waals surface area contributed by atoms with E-state index in [9.17, 15) is 9.90 Å². The molecule has 0 spiro atoms. The molecule has 1 aromatic heterocycles. The Hall–Kier alpha value is -3.75. The lowest BCUT2D eigenvalue weighted by Crippen LogP contribution is -2.46. The Bertz CT molecular complexity index is 1380. The standard InChI is InChI=1S/C30H36N6O2.ClH/c1-22(32-23(2)25-7-5-4-6-8-25)24(3)36-30(38)35(21-31-36)28-11-9-26(10-12-28)33-17-19-34(20-18-33)27-13-15-29(37)16-14-27;/h4-16,21-24,32,37H,17-20H2,1-3H3;1H/t22-,23-,24+;/m0./s1. The van der Waals surface area contributed by atoms with Gasteiger partial charge in [-0.25, -0.2) is 14.0 Å². The van der Waals surface area contributed by atoms with Gasteiger partial charge in [0.05, 0.1) is 11.7 Å². The van der Waals surface area contributed by atoms with E-state index in [-0.39, 0.29) is 42.0 Å². The number of phenols is 1. The SMILES string of the molecule is C[C@H](N[C@@H](C)[C@@H](C)n1ncn(-c2ccc(N3CCN(c4ccc(O)cc4)CC3)cc2)c1=O)c1ccccc1.Cl. The van der Waals surface area contributed by atoms with Crippen molar-refractivity contribution in [2.45, 2.75) is 38.9 Å². The lowest BCUT2D eigenvalue weighted by molar-refractivity contribution is 0.334. The molecule has 0 bridgehead atoms. The molecule has 1 saturated heterocycles. The zero-order chi connectivity index (χ0) is 26.6. The van der Waals surface area contributed by atoms with Crippen molar-refractivity contribution in [2.75, 3.05) is 36.0 Å². The number of nitrogens with one attached hydrogen (secondary N) is 1. The van der Waals surface area contributed by atoms with E-state index in [2.05, 4.69) is 58.3 Å². The molecule has 1 aliphatic heterocycles. The summed E-state index contributed by atoms with van der Waals surface area (Å²) >= 11 is 0. The Morgan fingerprint density at radius 1 is 0.769 bits per heavy atom. The van der Waals surface area contributed by atoms with E-state index in [1.807, 2.05) is 49.4 Å². The van der Waals surface area contributed by atoms with Gasteiger partial charge in [0, 0.05) is 49.6 Å². The number of nitrogens with zero attached hydrogens (tertiary/aromatic N) is 5. The van der Waals surface area contributed by atoms with Gasteiger partial charge in [-0.05, 0) is 74.9 Å². The minimum atomic E-state index is -0.145. The predicted molar refractivity (Wildman–Crippen MR) is 160 cm³/mol. The molecule has 0 aliphatic carbocycles. The highest BCUT2D eigenvalue weighted by atomic mass is 35.5. The number of aromatic nitrogens is 3. The molecule has 206 valence electrons. The van der Waals surface area contributed by atoms with Crippen LogP contribution in [0.5, 0.6) is 5.75 Å². The second kappa shape index (κ2) is 12.4. The maximum atomic E-state index is 13.3. The number of hydrogen-bond donors (Lipinski definition) is 2. The Labute approximate surface area is 235 Å². The van der Waals surface area contributed by atoms with E-state index >= 15 is 0 Å². The number of phenolic OH excluding ortho intramolecular Hbond substituents is 1. The maximum Gasteiger partial charge on any atom is 0.350 e. The fourth-order valence-corrected chi connectivity index (χ4v) is 5.07. The molecule has 3 atom stereocenters. The molecule has 39 heavy (non-hydrogen) atoms. The monoisotopic (exact) mass is 548 g/mol. The van der Waals surface area contributed by atoms with Gasteiger partial charge in [-0.2, -0.15) is 5.10 Å². The predicted octanol–water partition coefficient (Wildman–Crippen LogP) is 4.79. The molecule has 0 unspecified atom stereocenters. The van der Waals surface area contributed by atoms with Crippen molar-refractivity contribution in [3.63, 3.8) is 0 Å². The summed E-state index contributed by atoms with van der Waals surface area (Å²) in [7, 11) is 0. The van der Waals surface area contributed by atoms with Crippen LogP contribution in [0.15, 0.2) is 90.0 Å². The molecule has 0 radical (unpaired) electrons. The highest BCUT2D eigenvalue weighted by Gasteiger charge is 2.21. The summed E-state index contributed by atoms with van der Waals surface area (Å²) in [5, 5.41) is 17.6. The van der Waals surface area contributed by atoms with Crippen molar-refractivity contribution in [3.05, 3.63) is 101 Å². The number of halogens is 1. The molecule has 0 saturated carbocycles. The number of rotatable bonds is 8. The van der Waals surface area contributed by atoms with Crippen molar-refractivity contribution >= 4 is 23.8 Å². The molecule has 4 aromatic rings. The number of hydrogen-bond acceptors (Lipinski definition) is 6. The Balaban J connectivity index is 0.00000353. The van der Waals surface area contributed by atoms with Crippen molar-refractivity contribution < 1.29 is 5.11 Å². The Morgan fingerprint density at radius 3 is 1.85 bits per heavy atom. The molecule has 0 amide bonds. The van der Waals surface area contributed by atoms with E-state index in [1.165, 1.54) is 5.56 Å². The lowest BCUT2D eigenvalue weighted by Gasteiger charge is -2.37. The Morgan fingerprint density at radius 2 is 1.28 bits per heavy atom. The van der Waals surface area contributed by atoms with Gasteiger partial charge in [-0.15, -0.1) is 12.4 Å². The van der Waals surface area contributed by atoms with Gasteiger partial charge in [0.2, 0.25) is 0 Å². The fourth-order valence-electron chi connectivity index (χ4n) is 5.07. The first-order valence-corrected chi connectivity index (χ1v) is 13.3. The molecule has 9 heteroatoms.